The molecular formula is C45H29N5. The molecule has 1 aliphatic heterocycles. The minimum atomic E-state index is -0.0817. The van der Waals surface area contributed by atoms with Gasteiger partial charge in [0.05, 0.1) is 34.0 Å². The highest BCUT2D eigenvalue weighted by Gasteiger charge is 2.29. The van der Waals surface area contributed by atoms with E-state index in [9.17, 15) is 0 Å². The van der Waals surface area contributed by atoms with E-state index >= 15 is 0 Å². The fraction of sp³-hybridized carbons (Fsp3) is 0.0444. The van der Waals surface area contributed by atoms with Gasteiger partial charge in [-0.25, -0.2) is 19.9 Å². The van der Waals surface area contributed by atoms with Gasteiger partial charge in [0.1, 0.15) is 6.04 Å². The van der Waals surface area contributed by atoms with Crippen molar-refractivity contribution in [2.45, 2.75) is 6.04 Å². The van der Waals surface area contributed by atoms with Crippen molar-refractivity contribution < 1.29 is 0 Å². The van der Waals surface area contributed by atoms with Crippen LogP contribution >= 0.6 is 0 Å². The Morgan fingerprint density at radius 1 is 0.500 bits per heavy atom. The Hall–Kier alpha value is -6.59. The van der Waals surface area contributed by atoms with E-state index < -0.39 is 0 Å². The molecule has 5 heteroatoms. The van der Waals surface area contributed by atoms with Crippen LogP contribution in [0.5, 0.6) is 0 Å². The van der Waals surface area contributed by atoms with E-state index in [-0.39, 0.29) is 12.0 Å². The summed E-state index contributed by atoms with van der Waals surface area (Å²) >= 11 is 0. The molecule has 0 radical (unpaired) electrons. The number of hydrogen-bond acceptors (Lipinski definition) is 5. The summed E-state index contributed by atoms with van der Waals surface area (Å²) in [7, 11) is 0. The van der Waals surface area contributed by atoms with Crippen molar-refractivity contribution >= 4 is 44.2 Å². The molecule has 0 bridgehead atoms. The molecule has 0 amide bonds. The smallest absolute Gasteiger partial charge is 0.159 e. The lowest BCUT2D eigenvalue weighted by Crippen LogP contribution is -2.19. The first kappa shape index (κ1) is 28.4. The van der Waals surface area contributed by atoms with E-state index in [1.807, 2.05) is 36.5 Å². The SMILES string of the molecule is C1=CC2C=Cc3ccc(-c4ccnc(-c5ccc(-c6nc7ccccc7c7c6ccc6ccccc67)cc5)n4)nc3C2N=C1c1ccccc1. The van der Waals surface area contributed by atoms with Gasteiger partial charge in [0.15, 0.2) is 5.82 Å². The van der Waals surface area contributed by atoms with Crippen molar-refractivity contribution in [1.82, 2.24) is 19.9 Å². The van der Waals surface area contributed by atoms with Gasteiger partial charge >= 0.3 is 0 Å². The molecule has 2 unspecified atom stereocenters. The van der Waals surface area contributed by atoms with E-state index in [0.29, 0.717) is 5.82 Å². The standard InChI is InChI=1S/C45H29N5/c1-2-9-29(10-3-1)37-24-21-31-14-15-32-22-25-39(49-44(32)43(31)47-37)40-26-27-46-45(50-40)33-18-16-30(17-19-33)42-36-23-20-28-8-4-5-11-34(28)41(36)35-12-6-7-13-38(35)48-42/h1-27,31,43H. The Labute approximate surface area is 289 Å². The van der Waals surface area contributed by atoms with Crippen LogP contribution in [0.4, 0.5) is 0 Å². The van der Waals surface area contributed by atoms with Gasteiger partial charge in [0, 0.05) is 39.4 Å². The van der Waals surface area contributed by atoms with Crippen molar-refractivity contribution in [1.29, 1.82) is 0 Å². The number of fused-ring (bicyclic) bond motifs is 8. The van der Waals surface area contributed by atoms with Crippen LogP contribution in [0.1, 0.15) is 22.9 Å². The first-order chi connectivity index (χ1) is 24.8. The van der Waals surface area contributed by atoms with Crippen molar-refractivity contribution in [3.8, 4) is 34.0 Å². The highest BCUT2D eigenvalue weighted by atomic mass is 14.9. The predicted molar refractivity (Wildman–Crippen MR) is 204 cm³/mol. The minimum absolute atomic E-state index is 0.0817. The van der Waals surface area contributed by atoms with Crippen LogP contribution in [0.15, 0.2) is 163 Å². The summed E-state index contributed by atoms with van der Waals surface area (Å²) in [6.45, 7) is 0. The van der Waals surface area contributed by atoms with E-state index in [2.05, 4.69) is 132 Å². The average molecular weight is 640 g/mol. The van der Waals surface area contributed by atoms with Crippen LogP contribution in [-0.2, 0) is 0 Å². The number of dihydropyridines is 1. The molecule has 50 heavy (non-hydrogen) atoms. The number of allylic oxidation sites excluding steroid dienone is 1. The summed E-state index contributed by atoms with van der Waals surface area (Å²) in [5.74, 6) is 0.823. The maximum Gasteiger partial charge on any atom is 0.159 e. The normalized spacial score (nSPS) is 16.4. The summed E-state index contributed by atoms with van der Waals surface area (Å²) in [6, 6.07) is 46.1. The summed E-state index contributed by atoms with van der Waals surface area (Å²) < 4.78 is 0. The summed E-state index contributed by atoms with van der Waals surface area (Å²) in [5.41, 5.74) is 9.67. The molecule has 4 heterocycles. The lowest BCUT2D eigenvalue weighted by molar-refractivity contribution is 0.592. The monoisotopic (exact) mass is 639 g/mol. The Morgan fingerprint density at radius 3 is 2.16 bits per heavy atom. The Kier molecular flexibility index (Phi) is 6.56. The molecule has 0 N–H and O–H groups in total. The molecule has 5 nitrogen and oxygen atoms in total. The molecule has 8 aromatic rings. The zero-order valence-corrected chi connectivity index (χ0v) is 27.0. The molecule has 234 valence electrons. The quantitative estimate of drug-likeness (QED) is 0.180. The van der Waals surface area contributed by atoms with Crippen LogP contribution < -0.4 is 0 Å². The number of pyridine rings is 2. The molecule has 0 spiro atoms. The Morgan fingerprint density at radius 2 is 1.26 bits per heavy atom. The highest BCUT2D eigenvalue weighted by molar-refractivity contribution is 6.22. The maximum absolute atomic E-state index is 5.18. The van der Waals surface area contributed by atoms with Crippen LogP contribution in [-0.4, -0.2) is 25.6 Å². The van der Waals surface area contributed by atoms with Crippen LogP contribution in [0.25, 0.3) is 72.6 Å². The molecular weight excluding hydrogens is 611 g/mol. The maximum atomic E-state index is 5.18. The average Bonchev–Trinajstić information content (AvgIpc) is 3.20. The second kappa shape index (κ2) is 11.5. The number of para-hydroxylation sites is 1. The molecule has 0 fully saturated rings. The molecule has 2 atom stereocenters. The molecule has 5 aromatic carbocycles. The molecule has 0 saturated heterocycles. The van der Waals surface area contributed by atoms with Crippen molar-refractivity contribution in [3.05, 3.63) is 175 Å². The Balaban J connectivity index is 1.01. The van der Waals surface area contributed by atoms with E-state index in [0.717, 1.165) is 67.0 Å². The van der Waals surface area contributed by atoms with Gasteiger partial charge in [-0.1, -0.05) is 133 Å². The fourth-order valence-corrected chi connectivity index (χ4v) is 7.36. The zero-order valence-electron chi connectivity index (χ0n) is 27.0. The third-order valence-corrected chi connectivity index (χ3v) is 9.85. The lowest BCUT2D eigenvalue weighted by atomic mass is 9.85. The van der Waals surface area contributed by atoms with Gasteiger partial charge in [-0.3, -0.25) is 4.99 Å². The highest BCUT2D eigenvalue weighted by Crippen LogP contribution is 2.40. The van der Waals surface area contributed by atoms with E-state index in [1.165, 1.54) is 16.2 Å². The second-order valence-corrected chi connectivity index (χ2v) is 12.8. The van der Waals surface area contributed by atoms with E-state index in [4.69, 9.17) is 19.9 Å². The topological polar surface area (TPSA) is 63.9 Å². The number of rotatable bonds is 4. The first-order valence-corrected chi connectivity index (χ1v) is 16.9. The number of aromatic nitrogens is 4. The fourth-order valence-electron chi connectivity index (χ4n) is 7.36. The second-order valence-electron chi connectivity index (χ2n) is 12.8. The summed E-state index contributed by atoms with van der Waals surface area (Å²) in [5, 5.41) is 5.99. The number of nitrogens with zero attached hydrogens (tertiary/aromatic N) is 5. The van der Waals surface area contributed by atoms with Crippen molar-refractivity contribution in [2.24, 2.45) is 10.9 Å². The third kappa shape index (κ3) is 4.74. The number of benzene rings is 5. The van der Waals surface area contributed by atoms with Gasteiger partial charge < -0.3 is 0 Å². The summed E-state index contributed by atoms with van der Waals surface area (Å²) in [4.78, 5) is 25.2. The third-order valence-electron chi connectivity index (χ3n) is 9.85. The minimum Gasteiger partial charge on any atom is -0.274 e. The molecule has 2 aliphatic rings. The van der Waals surface area contributed by atoms with Crippen LogP contribution in [0, 0.1) is 5.92 Å². The number of hydrogen-bond donors (Lipinski definition) is 0. The molecule has 3 aromatic heterocycles. The van der Waals surface area contributed by atoms with Crippen LogP contribution in [0.3, 0.4) is 0 Å². The van der Waals surface area contributed by atoms with Gasteiger partial charge in [-0.2, -0.15) is 0 Å². The predicted octanol–water partition coefficient (Wildman–Crippen LogP) is 10.5. The molecule has 0 saturated carbocycles. The zero-order chi connectivity index (χ0) is 33.0. The Bertz CT molecular complexity index is 2690. The van der Waals surface area contributed by atoms with E-state index in [1.54, 1.807) is 0 Å². The van der Waals surface area contributed by atoms with Crippen LogP contribution in [0.2, 0.25) is 0 Å². The number of aliphatic imine (C=N–C) groups is 1. The first-order valence-electron chi connectivity index (χ1n) is 16.9. The lowest BCUT2D eigenvalue weighted by Gasteiger charge is -2.27. The molecule has 1 aliphatic carbocycles. The van der Waals surface area contributed by atoms with Gasteiger partial charge in [-0.05, 0) is 46.2 Å². The van der Waals surface area contributed by atoms with Gasteiger partial charge in [0.25, 0.3) is 0 Å². The van der Waals surface area contributed by atoms with Crippen molar-refractivity contribution in [2.75, 3.05) is 0 Å². The largest absolute Gasteiger partial charge is 0.274 e. The molecule has 10 rings (SSSR count). The summed E-state index contributed by atoms with van der Waals surface area (Å²) in [6.07, 6.45) is 10.6. The van der Waals surface area contributed by atoms with Gasteiger partial charge in [0.2, 0.25) is 0 Å². The van der Waals surface area contributed by atoms with Crippen molar-refractivity contribution in [3.63, 3.8) is 0 Å². The van der Waals surface area contributed by atoms with Gasteiger partial charge in [-0.15, -0.1) is 0 Å².